The summed E-state index contributed by atoms with van der Waals surface area (Å²) in [7, 11) is 0. The summed E-state index contributed by atoms with van der Waals surface area (Å²) in [6, 6.07) is 13.0. The monoisotopic (exact) mass is 417 g/mol. The van der Waals surface area contributed by atoms with Crippen molar-refractivity contribution in [1.82, 2.24) is 4.90 Å². The van der Waals surface area contributed by atoms with E-state index in [0.717, 1.165) is 24.5 Å². The van der Waals surface area contributed by atoms with Crippen molar-refractivity contribution in [2.45, 2.75) is 31.7 Å². The Bertz CT molecular complexity index is 871. The molecular weight excluding hydrogens is 393 g/mol. The van der Waals surface area contributed by atoms with Crippen LogP contribution in [0.25, 0.3) is 0 Å². The minimum absolute atomic E-state index is 0.0338. The molecule has 0 aromatic heterocycles. The van der Waals surface area contributed by atoms with Crippen molar-refractivity contribution in [2.75, 3.05) is 36.0 Å². The predicted molar refractivity (Wildman–Crippen MR) is 114 cm³/mol. The molecule has 2 fully saturated rings. The van der Waals surface area contributed by atoms with Crippen LogP contribution < -0.4 is 9.80 Å². The maximum Gasteiger partial charge on any atom is 0.407 e. The first-order chi connectivity index (χ1) is 14.0. The van der Waals surface area contributed by atoms with Gasteiger partial charge in [-0.1, -0.05) is 11.6 Å². The quantitative estimate of drug-likeness (QED) is 0.727. The molecular formula is C22H25ClFN3O2. The number of nitrogens with zero attached hydrogens (tertiary/aromatic N) is 3. The molecule has 29 heavy (non-hydrogen) atoms. The third-order valence-corrected chi connectivity index (χ3v) is 6.12. The second-order valence-electron chi connectivity index (χ2n) is 7.70. The van der Waals surface area contributed by atoms with E-state index in [-0.39, 0.29) is 11.1 Å². The van der Waals surface area contributed by atoms with E-state index in [9.17, 15) is 14.3 Å². The van der Waals surface area contributed by atoms with Gasteiger partial charge in [0.25, 0.3) is 0 Å². The number of anilines is 3. The Balaban J connectivity index is 1.64. The Hall–Kier alpha value is -2.47. The highest BCUT2D eigenvalue weighted by atomic mass is 35.5. The Morgan fingerprint density at radius 1 is 1.03 bits per heavy atom. The number of hydrogen-bond acceptors (Lipinski definition) is 3. The van der Waals surface area contributed by atoms with Crippen molar-refractivity contribution in [2.24, 2.45) is 0 Å². The van der Waals surface area contributed by atoms with Crippen LogP contribution in [0.3, 0.4) is 0 Å². The molecule has 0 saturated carbocycles. The first-order valence-corrected chi connectivity index (χ1v) is 10.5. The number of carbonyl (C=O) groups is 1. The van der Waals surface area contributed by atoms with Crippen LogP contribution in [0.15, 0.2) is 42.5 Å². The average Bonchev–Trinajstić information content (AvgIpc) is 3.22. The molecule has 5 nitrogen and oxygen atoms in total. The van der Waals surface area contributed by atoms with Gasteiger partial charge in [-0.15, -0.1) is 0 Å². The van der Waals surface area contributed by atoms with E-state index in [2.05, 4.69) is 34.1 Å². The number of halogens is 2. The standard InChI is InChI=1S/C22H25ClFN3O2/c23-20-14-18(8-9-21(20)24)27(19-10-13-26(15-19)22(28)29)17-6-4-16(5-7-17)25-11-2-1-3-12-25/h4-9,14,19H,1-3,10-13,15H2,(H,28,29)/t19-/m0/s1. The van der Waals surface area contributed by atoms with Gasteiger partial charge in [0.2, 0.25) is 0 Å². The molecule has 1 N–H and O–H groups in total. The third kappa shape index (κ3) is 4.27. The largest absolute Gasteiger partial charge is 0.465 e. The topological polar surface area (TPSA) is 47.0 Å². The highest BCUT2D eigenvalue weighted by molar-refractivity contribution is 6.31. The Morgan fingerprint density at radius 3 is 2.34 bits per heavy atom. The zero-order valence-corrected chi connectivity index (χ0v) is 17.0. The number of hydrogen-bond donors (Lipinski definition) is 1. The van der Waals surface area contributed by atoms with Gasteiger partial charge in [0.1, 0.15) is 5.82 Å². The Labute approximate surface area is 175 Å². The normalized spacial score (nSPS) is 19.4. The summed E-state index contributed by atoms with van der Waals surface area (Å²) < 4.78 is 13.7. The van der Waals surface area contributed by atoms with Crippen LogP contribution in [-0.2, 0) is 0 Å². The van der Waals surface area contributed by atoms with E-state index in [1.807, 2.05) is 0 Å². The van der Waals surface area contributed by atoms with Gasteiger partial charge in [-0.2, -0.15) is 0 Å². The lowest BCUT2D eigenvalue weighted by molar-refractivity contribution is 0.155. The molecule has 0 unspecified atom stereocenters. The van der Waals surface area contributed by atoms with Crippen molar-refractivity contribution in [3.63, 3.8) is 0 Å². The highest BCUT2D eigenvalue weighted by Gasteiger charge is 2.31. The van der Waals surface area contributed by atoms with Crippen LogP contribution in [-0.4, -0.2) is 48.3 Å². The van der Waals surface area contributed by atoms with Crippen LogP contribution in [0.5, 0.6) is 0 Å². The summed E-state index contributed by atoms with van der Waals surface area (Å²) in [5, 5.41) is 9.41. The lowest BCUT2D eigenvalue weighted by atomic mass is 10.1. The summed E-state index contributed by atoms with van der Waals surface area (Å²) in [6.45, 7) is 3.04. The number of rotatable bonds is 4. The molecule has 154 valence electrons. The first kappa shape index (κ1) is 19.8. The summed E-state index contributed by atoms with van der Waals surface area (Å²) in [5.41, 5.74) is 2.91. The average molecular weight is 418 g/mol. The van der Waals surface area contributed by atoms with Gasteiger partial charge in [0.05, 0.1) is 11.1 Å². The molecule has 2 aliphatic rings. The summed E-state index contributed by atoms with van der Waals surface area (Å²) in [5.74, 6) is -0.464. The number of amides is 1. The smallest absolute Gasteiger partial charge is 0.407 e. The second-order valence-corrected chi connectivity index (χ2v) is 8.11. The van der Waals surface area contributed by atoms with Crippen molar-refractivity contribution >= 4 is 34.8 Å². The fourth-order valence-corrected chi connectivity index (χ4v) is 4.48. The molecule has 2 saturated heterocycles. The SMILES string of the molecule is O=C(O)N1CC[C@H](N(c2ccc(N3CCCCC3)cc2)c2ccc(F)c(Cl)c2)C1. The molecule has 0 radical (unpaired) electrons. The van der Waals surface area contributed by atoms with Gasteiger partial charge in [0, 0.05) is 43.2 Å². The second kappa shape index (κ2) is 8.49. The first-order valence-electron chi connectivity index (χ1n) is 10.1. The van der Waals surface area contributed by atoms with E-state index < -0.39 is 11.9 Å². The van der Waals surface area contributed by atoms with Crippen LogP contribution >= 0.6 is 11.6 Å². The van der Waals surface area contributed by atoms with E-state index in [0.29, 0.717) is 19.5 Å². The van der Waals surface area contributed by atoms with Crippen molar-refractivity contribution in [3.8, 4) is 0 Å². The molecule has 1 amide bonds. The van der Waals surface area contributed by atoms with Gasteiger partial charge in [-0.25, -0.2) is 9.18 Å². The van der Waals surface area contributed by atoms with E-state index >= 15 is 0 Å². The molecule has 2 heterocycles. The maximum absolute atomic E-state index is 13.7. The van der Waals surface area contributed by atoms with Crippen LogP contribution in [0.2, 0.25) is 5.02 Å². The fourth-order valence-electron chi connectivity index (χ4n) is 4.31. The molecule has 7 heteroatoms. The molecule has 4 rings (SSSR count). The van der Waals surface area contributed by atoms with Gasteiger partial charge in [-0.3, -0.25) is 0 Å². The fraction of sp³-hybridized carbons (Fsp3) is 0.409. The summed E-state index contributed by atoms with van der Waals surface area (Å²) in [6.07, 6.45) is 3.51. The number of likely N-dealkylation sites (tertiary alicyclic amines) is 1. The van der Waals surface area contributed by atoms with E-state index in [1.165, 1.54) is 35.9 Å². The minimum Gasteiger partial charge on any atom is -0.465 e. The molecule has 2 aromatic rings. The van der Waals surface area contributed by atoms with Gasteiger partial charge in [0.15, 0.2) is 0 Å². The summed E-state index contributed by atoms with van der Waals surface area (Å²) >= 11 is 6.05. The van der Waals surface area contributed by atoms with Crippen molar-refractivity contribution < 1.29 is 14.3 Å². The van der Waals surface area contributed by atoms with Gasteiger partial charge < -0.3 is 19.8 Å². The molecule has 0 aliphatic carbocycles. The Morgan fingerprint density at radius 2 is 1.72 bits per heavy atom. The van der Waals surface area contributed by atoms with E-state index in [1.54, 1.807) is 12.1 Å². The van der Waals surface area contributed by atoms with Gasteiger partial charge >= 0.3 is 6.09 Å². The predicted octanol–water partition coefficient (Wildman–Crippen LogP) is 5.36. The molecule has 2 aromatic carbocycles. The molecule has 0 spiro atoms. The maximum atomic E-state index is 13.7. The minimum atomic E-state index is -0.912. The molecule has 2 aliphatic heterocycles. The number of carboxylic acid groups (broad SMARTS) is 1. The third-order valence-electron chi connectivity index (χ3n) is 5.83. The van der Waals surface area contributed by atoms with Gasteiger partial charge in [-0.05, 0) is 68.1 Å². The lowest BCUT2D eigenvalue weighted by Gasteiger charge is -2.33. The van der Waals surface area contributed by atoms with Crippen molar-refractivity contribution in [3.05, 3.63) is 53.3 Å². The van der Waals surface area contributed by atoms with Crippen LogP contribution in [0.1, 0.15) is 25.7 Å². The zero-order chi connectivity index (χ0) is 20.4. The molecule has 0 bridgehead atoms. The summed E-state index contributed by atoms with van der Waals surface area (Å²) in [4.78, 5) is 17.3. The van der Waals surface area contributed by atoms with E-state index in [4.69, 9.17) is 11.6 Å². The Kier molecular flexibility index (Phi) is 5.81. The molecule has 1 atom stereocenters. The van der Waals surface area contributed by atoms with Crippen LogP contribution in [0.4, 0.5) is 26.2 Å². The lowest BCUT2D eigenvalue weighted by Crippen LogP contribution is -2.35. The number of benzene rings is 2. The zero-order valence-electron chi connectivity index (χ0n) is 16.2. The highest BCUT2D eigenvalue weighted by Crippen LogP contribution is 2.35. The van der Waals surface area contributed by atoms with Crippen molar-refractivity contribution in [1.29, 1.82) is 0 Å². The van der Waals surface area contributed by atoms with Crippen LogP contribution in [0, 0.1) is 5.82 Å². The number of piperidine rings is 1.